The van der Waals surface area contributed by atoms with Gasteiger partial charge in [-0.15, -0.1) is 0 Å². The Morgan fingerprint density at radius 1 is 1.09 bits per heavy atom. The molecule has 0 aliphatic carbocycles. The standard InChI is InChI=1S/C16H14N4O2S/c21-20(22)15-7-2-1-5-13(15)12-23-16-18-9-10-19(16)11-14-6-3-4-8-17-14/h1-10H,11-12H2. The largest absolute Gasteiger partial charge is 0.320 e. The van der Waals surface area contributed by atoms with Gasteiger partial charge in [-0.1, -0.05) is 36.0 Å². The zero-order valence-electron chi connectivity index (χ0n) is 12.2. The van der Waals surface area contributed by atoms with Gasteiger partial charge in [0, 0.05) is 36.0 Å². The van der Waals surface area contributed by atoms with Crippen molar-refractivity contribution < 1.29 is 4.92 Å². The minimum absolute atomic E-state index is 0.142. The Labute approximate surface area is 137 Å². The second kappa shape index (κ2) is 7.06. The van der Waals surface area contributed by atoms with Gasteiger partial charge in [0.2, 0.25) is 0 Å². The van der Waals surface area contributed by atoms with E-state index in [0.717, 1.165) is 10.9 Å². The van der Waals surface area contributed by atoms with Crippen LogP contribution in [-0.2, 0) is 12.3 Å². The fourth-order valence-corrected chi connectivity index (χ4v) is 3.13. The minimum Gasteiger partial charge on any atom is -0.320 e. The third kappa shape index (κ3) is 3.75. The van der Waals surface area contributed by atoms with Gasteiger partial charge in [0.25, 0.3) is 5.69 Å². The molecule has 3 aromatic rings. The molecular formula is C16H14N4O2S. The fraction of sp³-hybridized carbons (Fsp3) is 0.125. The summed E-state index contributed by atoms with van der Waals surface area (Å²) in [5.41, 5.74) is 1.77. The molecule has 0 saturated heterocycles. The van der Waals surface area contributed by atoms with Crippen LogP contribution in [0.1, 0.15) is 11.3 Å². The van der Waals surface area contributed by atoms with Crippen LogP contribution in [0.15, 0.2) is 66.2 Å². The molecule has 0 fully saturated rings. The van der Waals surface area contributed by atoms with Crippen LogP contribution in [-0.4, -0.2) is 19.5 Å². The number of para-hydroxylation sites is 1. The number of benzene rings is 1. The predicted molar refractivity (Wildman–Crippen MR) is 88.2 cm³/mol. The third-order valence-electron chi connectivity index (χ3n) is 3.28. The first-order valence-corrected chi connectivity index (χ1v) is 7.99. The summed E-state index contributed by atoms with van der Waals surface area (Å²) in [6.07, 6.45) is 5.37. The van der Waals surface area contributed by atoms with Gasteiger partial charge in [0.15, 0.2) is 5.16 Å². The molecule has 0 amide bonds. The normalized spacial score (nSPS) is 10.6. The van der Waals surface area contributed by atoms with Crippen LogP contribution in [0.4, 0.5) is 5.69 Å². The van der Waals surface area contributed by atoms with Crippen LogP contribution in [0, 0.1) is 10.1 Å². The summed E-state index contributed by atoms with van der Waals surface area (Å²) in [4.78, 5) is 19.3. The van der Waals surface area contributed by atoms with Crippen LogP contribution in [0.3, 0.4) is 0 Å². The lowest BCUT2D eigenvalue weighted by Gasteiger charge is -2.07. The Kier molecular flexibility index (Phi) is 4.68. The lowest BCUT2D eigenvalue weighted by molar-refractivity contribution is -0.385. The molecule has 0 unspecified atom stereocenters. The molecule has 0 saturated carbocycles. The predicted octanol–water partition coefficient (Wildman–Crippen LogP) is 3.53. The van der Waals surface area contributed by atoms with Crippen molar-refractivity contribution in [3.05, 3.63) is 82.4 Å². The van der Waals surface area contributed by atoms with E-state index in [0.29, 0.717) is 17.9 Å². The number of hydrogen-bond acceptors (Lipinski definition) is 5. The highest BCUT2D eigenvalue weighted by molar-refractivity contribution is 7.98. The van der Waals surface area contributed by atoms with E-state index < -0.39 is 0 Å². The van der Waals surface area contributed by atoms with Gasteiger partial charge in [-0.2, -0.15) is 0 Å². The number of aromatic nitrogens is 3. The zero-order chi connectivity index (χ0) is 16.1. The minimum atomic E-state index is -0.351. The van der Waals surface area contributed by atoms with Crippen molar-refractivity contribution in [1.29, 1.82) is 0 Å². The fourth-order valence-electron chi connectivity index (χ4n) is 2.18. The van der Waals surface area contributed by atoms with Crippen LogP contribution >= 0.6 is 11.8 Å². The van der Waals surface area contributed by atoms with Gasteiger partial charge >= 0.3 is 0 Å². The topological polar surface area (TPSA) is 73.8 Å². The van der Waals surface area contributed by atoms with Crippen molar-refractivity contribution in [1.82, 2.24) is 14.5 Å². The van der Waals surface area contributed by atoms with E-state index >= 15 is 0 Å². The second-order valence-corrected chi connectivity index (χ2v) is 5.78. The highest BCUT2D eigenvalue weighted by Gasteiger charge is 2.13. The van der Waals surface area contributed by atoms with Crippen LogP contribution in [0.25, 0.3) is 0 Å². The molecule has 0 bridgehead atoms. The molecular weight excluding hydrogens is 312 g/mol. The SMILES string of the molecule is O=[N+]([O-])c1ccccc1CSc1nccn1Cc1ccccn1. The summed E-state index contributed by atoms with van der Waals surface area (Å²) in [6.45, 7) is 0.625. The van der Waals surface area contributed by atoms with Gasteiger partial charge < -0.3 is 4.57 Å². The summed E-state index contributed by atoms with van der Waals surface area (Å²) < 4.78 is 1.99. The highest BCUT2D eigenvalue weighted by Crippen LogP contribution is 2.27. The summed E-state index contributed by atoms with van der Waals surface area (Å²) >= 11 is 1.48. The number of pyridine rings is 1. The number of nitro benzene ring substituents is 1. The van der Waals surface area contributed by atoms with Gasteiger partial charge in [0.05, 0.1) is 17.2 Å². The first-order chi connectivity index (χ1) is 11.2. The molecule has 0 aliphatic heterocycles. The number of nitrogens with zero attached hydrogens (tertiary/aromatic N) is 4. The lowest BCUT2D eigenvalue weighted by Crippen LogP contribution is -2.02. The Morgan fingerprint density at radius 3 is 2.70 bits per heavy atom. The summed E-state index contributed by atoms with van der Waals surface area (Å²) in [6, 6.07) is 12.6. The molecule has 0 spiro atoms. The molecule has 0 atom stereocenters. The molecule has 6 nitrogen and oxygen atoms in total. The van der Waals surface area contributed by atoms with Crippen molar-refractivity contribution in [3.63, 3.8) is 0 Å². The van der Waals surface area contributed by atoms with E-state index in [1.807, 2.05) is 35.0 Å². The van der Waals surface area contributed by atoms with E-state index in [-0.39, 0.29) is 10.6 Å². The molecule has 1 aromatic carbocycles. The van der Waals surface area contributed by atoms with E-state index in [4.69, 9.17) is 0 Å². The summed E-state index contributed by atoms with van der Waals surface area (Å²) in [7, 11) is 0. The molecule has 0 N–H and O–H groups in total. The smallest absolute Gasteiger partial charge is 0.273 e. The molecule has 0 aliphatic rings. The van der Waals surface area contributed by atoms with Crippen molar-refractivity contribution in [2.24, 2.45) is 0 Å². The average Bonchev–Trinajstić information content (AvgIpc) is 3.01. The van der Waals surface area contributed by atoms with E-state index in [9.17, 15) is 10.1 Å². The van der Waals surface area contributed by atoms with Gasteiger partial charge in [0.1, 0.15) is 0 Å². The van der Waals surface area contributed by atoms with Crippen LogP contribution < -0.4 is 0 Å². The molecule has 0 radical (unpaired) electrons. The Balaban J connectivity index is 1.73. The van der Waals surface area contributed by atoms with Crippen LogP contribution in [0.2, 0.25) is 0 Å². The van der Waals surface area contributed by atoms with E-state index in [1.54, 1.807) is 24.5 Å². The first kappa shape index (κ1) is 15.2. The van der Waals surface area contributed by atoms with Gasteiger partial charge in [-0.05, 0) is 12.1 Å². The maximum Gasteiger partial charge on any atom is 0.273 e. The number of nitro groups is 1. The zero-order valence-corrected chi connectivity index (χ0v) is 13.0. The van der Waals surface area contributed by atoms with Crippen LogP contribution in [0.5, 0.6) is 0 Å². The third-order valence-corrected chi connectivity index (χ3v) is 4.33. The summed E-state index contributed by atoms with van der Waals surface area (Å²) in [5.74, 6) is 0.496. The second-order valence-electron chi connectivity index (χ2n) is 4.83. The number of rotatable bonds is 6. The van der Waals surface area contributed by atoms with Crippen molar-refractivity contribution >= 4 is 17.4 Å². The van der Waals surface area contributed by atoms with Gasteiger partial charge in [-0.25, -0.2) is 4.98 Å². The Morgan fingerprint density at radius 2 is 1.91 bits per heavy atom. The number of thioether (sulfide) groups is 1. The molecule has 2 aromatic heterocycles. The highest BCUT2D eigenvalue weighted by atomic mass is 32.2. The number of imidazole rings is 1. The van der Waals surface area contributed by atoms with E-state index in [2.05, 4.69) is 9.97 Å². The van der Waals surface area contributed by atoms with Gasteiger partial charge in [-0.3, -0.25) is 15.1 Å². The monoisotopic (exact) mass is 326 g/mol. The molecule has 116 valence electrons. The average molecular weight is 326 g/mol. The van der Waals surface area contributed by atoms with Crippen molar-refractivity contribution in [2.75, 3.05) is 0 Å². The molecule has 3 rings (SSSR count). The lowest BCUT2D eigenvalue weighted by atomic mass is 10.2. The first-order valence-electron chi connectivity index (χ1n) is 7.00. The molecule has 2 heterocycles. The molecule has 23 heavy (non-hydrogen) atoms. The molecule has 7 heteroatoms. The summed E-state index contributed by atoms with van der Waals surface area (Å²) in [5, 5.41) is 11.9. The van der Waals surface area contributed by atoms with Crippen molar-refractivity contribution in [3.8, 4) is 0 Å². The quantitative estimate of drug-likeness (QED) is 0.393. The Bertz CT molecular complexity index is 805. The Hall–Kier alpha value is -2.67. The van der Waals surface area contributed by atoms with Crippen molar-refractivity contribution in [2.45, 2.75) is 17.5 Å². The maximum atomic E-state index is 11.1. The number of hydrogen-bond donors (Lipinski definition) is 0. The van der Waals surface area contributed by atoms with E-state index in [1.165, 1.54) is 17.8 Å². The maximum absolute atomic E-state index is 11.1.